The Labute approximate surface area is 105 Å². The number of nitrogens with zero attached hydrogens (tertiary/aromatic N) is 1. The van der Waals surface area contributed by atoms with Crippen molar-refractivity contribution in [2.45, 2.75) is 12.8 Å². The second-order valence-electron chi connectivity index (χ2n) is 4.23. The van der Waals surface area contributed by atoms with Crippen LogP contribution in [0.2, 0.25) is 0 Å². The van der Waals surface area contributed by atoms with Gasteiger partial charge in [-0.3, -0.25) is 0 Å². The van der Waals surface area contributed by atoms with Crippen LogP contribution in [-0.4, -0.2) is 31.0 Å². The third-order valence-electron chi connectivity index (χ3n) is 2.73. The largest absolute Gasteiger partial charge is 0.493 e. The van der Waals surface area contributed by atoms with Crippen molar-refractivity contribution < 1.29 is 19.5 Å². The third kappa shape index (κ3) is 3.23. The summed E-state index contributed by atoms with van der Waals surface area (Å²) in [6.07, 6.45) is 3.87. The summed E-state index contributed by atoms with van der Waals surface area (Å²) in [5, 5.41) is 12.6. The van der Waals surface area contributed by atoms with Gasteiger partial charge in [0.15, 0.2) is 0 Å². The molecule has 0 bridgehead atoms. The number of oxime groups is 1. The van der Waals surface area contributed by atoms with Crippen molar-refractivity contribution in [2.24, 2.45) is 11.1 Å². The number of hydrogen-bond acceptors (Lipinski definition) is 4. The molecule has 1 aliphatic rings. The van der Waals surface area contributed by atoms with E-state index in [1.54, 1.807) is 6.07 Å². The summed E-state index contributed by atoms with van der Waals surface area (Å²) < 4.78 is 5.64. The molecule has 0 amide bonds. The Kier molecular flexibility index (Phi) is 3.82. The van der Waals surface area contributed by atoms with Crippen molar-refractivity contribution in [3.8, 4) is 5.75 Å². The van der Waals surface area contributed by atoms with Crippen LogP contribution in [0.4, 0.5) is 0 Å². The maximum atomic E-state index is 10.9. The van der Waals surface area contributed by atoms with Crippen molar-refractivity contribution in [1.29, 1.82) is 0 Å². The van der Waals surface area contributed by atoms with Gasteiger partial charge < -0.3 is 14.7 Å². The van der Waals surface area contributed by atoms with Crippen LogP contribution in [0.15, 0.2) is 23.4 Å². The molecule has 0 atom stereocenters. The normalized spacial score (nSPS) is 14.7. The van der Waals surface area contributed by atoms with Gasteiger partial charge in [-0.05, 0) is 37.0 Å². The fourth-order valence-electron chi connectivity index (χ4n) is 1.50. The van der Waals surface area contributed by atoms with Gasteiger partial charge in [0.25, 0.3) is 0 Å². The van der Waals surface area contributed by atoms with E-state index in [2.05, 4.69) is 9.99 Å². The van der Waals surface area contributed by atoms with E-state index in [-0.39, 0.29) is 5.56 Å². The van der Waals surface area contributed by atoms with Gasteiger partial charge in [0.05, 0.1) is 18.4 Å². The summed E-state index contributed by atoms with van der Waals surface area (Å²) in [4.78, 5) is 15.5. The summed E-state index contributed by atoms with van der Waals surface area (Å²) in [6, 6.07) is 4.69. The fraction of sp³-hybridized carbons (Fsp3) is 0.385. The number of ether oxygens (including phenoxy) is 1. The lowest BCUT2D eigenvalue weighted by Gasteiger charge is -2.09. The monoisotopic (exact) mass is 249 g/mol. The molecule has 2 rings (SSSR count). The van der Waals surface area contributed by atoms with Gasteiger partial charge in [0.2, 0.25) is 0 Å². The third-order valence-corrected chi connectivity index (χ3v) is 2.73. The lowest BCUT2D eigenvalue weighted by atomic mass is 10.1. The highest BCUT2D eigenvalue weighted by Crippen LogP contribution is 2.30. The topological polar surface area (TPSA) is 68.1 Å². The lowest BCUT2D eigenvalue weighted by Crippen LogP contribution is -2.04. The Morgan fingerprint density at radius 1 is 1.56 bits per heavy atom. The highest BCUT2D eigenvalue weighted by molar-refractivity contribution is 5.91. The Morgan fingerprint density at radius 3 is 2.94 bits per heavy atom. The number of hydrogen-bond donors (Lipinski definition) is 1. The van der Waals surface area contributed by atoms with Crippen molar-refractivity contribution in [3.05, 3.63) is 29.3 Å². The number of carboxylic acids is 1. The van der Waals surface area contributed by atoms with Crippen LogP contribution in [0.3, 0.4) is 0 Å². The molecule has 0 spiro atoms. The first-order valence-corrected chi connectivity index (χ1v) is 5.77. The molecule has 0 radical (unpaired) electrons. The number of rotatable bonds is 6. The highest BCUT2D eigenvalue weighted by Gasteiger charge is 2.22. The molecule has 0 aromatic heterocycles. The zero-order chi connectivity index (χ0) is 13.0. The van der Waals surface area contributed by atoms with Crippen molar-refractivity contribution in [2.75, 3.05) is 13.7 Å². The Balaban J connectivity index is 2.19. The molecule has 1 aromatic carbocycles. The molecule has 0 heterocycles. The SMILES string of the molecule is CON=Cc1ccc(C(=O)O)cc1OCC1CC1. The summed E-state index contributed by atoms with van der Waals surface area (Å²) >= 11 is 0. The average molecular weight is 249 g/mol. The molecule has 1 aromatic rings. The van der Waals surface area contributed by atoms with Gasteiger partial charge in [-0.2, -0.15) is 0 Å². The average Bonchev–Trinajstić information content (AvgIpc) is 3.18. The summed E-state index contributed by atoms with van der Waals surface area (Å²) in [5.74, 6) is 0.162. The standard InChI is InChI=1S/C13H15NO4/c1-17-14-7-11-5-4-10(13(15)16)6-12(11)18-8-9-2-3-9/h4-7,9H,2-3,8H2,1H3,(H,15,16). The maximum Gasteiger partial charge on any atom is 0.335 e. The van der Waals surface area contributed by atoms with Gasteiger partial charge >= 0.3 is 5.97 Å². The van der Waals surface area contributed by atoms with Crippen LogP contribution in [0.25, 0.3) is 0 Å². The predicted octanol–water partition coefficient (Wildman–Crippen LogP) is 2.15. The number of benzene rings is 1. The molecular weight excluding hydrogens is 234 g/mol. The Hall–Kier alpha value is -2.04. The van der Waals surface area contributed by atoms with Gasteiger partial charge in [-0.25, -0.2) is 4.79 Å². The quantitative estimate of drug-likeness (QED) is 0.619. The second-order valence-corrected chi connectivity index (χ2v) is 4.23. The van der Waals surface area contributed by atoms with Crippen LogP contribution in [0.1, 0.15) is 28.8 Å². The number of aromatic carboxylic acids is 1. The van der Waals surface area contributed by atoms with Crippen molar-refractivity contribution >= 4 is 12.2 Å². The maximum absolute atomic E-state index is 10.9. The molecule has 1 N–H and O–H groups in total. The molecule has 0 unspecified atom stereocenters. The number of carbonyl (C=O) groups is 1. The zero-order valence-corrected chi connectivity index (χ0v) is 10.1. The molecule has 1 fully saturated rings. The van der Waals surface area contributed by atoms with Gasteiger partial charge in [0.1, 0.15) is 12.9 Å². The first-order valence-electron chi connectivity index (χ1n) is 5.77. The molecule has 5 nitrogen and oxygen atoms in total. The minimum Gasteiger partial charge on any atom is -0.493 e. The molecule has 18 heavy (non-hydrogen) atoms. The Bertz CT molecular complexity index is 466. The summed E-state index contributed by atoms with van der Waals surface area (Å²) in [7, 11) is 1.45. The summed E-state index contributed by atoms with van der Waals surface area (Å²) in [6.45, 7) is 0.622. The molecule has 5 heteroatoms. The minimum atomic E-state index is -0.971. The van der Waals surface area contributed by atoms with E-state index < -0.39 is 5.97 Å². The minimum absolute atomic E-state index is 0.204. The number of carboxylic acid groups (broad SMARTS) is 1. The van der Waals surface area contributed by atoms with Crippen LogP contribution in [-0.2, 0) is 4.84 Å². The molecule has 1 saturated carbocycles. The van der Waals surface area contributed by atoms with Gasteiger partial charge in [0, 0.05) is 5.56 Å². The van der Waals surface area contributed by atoms with E-state index in [1.807, 2.05) is 0 Å². The van der Waals surface area contributed by atoms with Crippen LogP contribution in [0, 0.1) is 5.92 Å². The van der Waals surface area contributed by atoms with Crippen molar-refractivity contribution in [3.63, 3.8) is 0 Å². The first kappa shape index (κ1) is 12.4. The van der Waals surface area contributed by atoms with Gasteiger partial charge in [-0.1, -0.05) is 5.16 Å². The summed E-state index contributed by atoms with van der Waals surface area (Å²) in [5.41, 5.74) is 0.915. The first-order chi connectivity index (χ1) is 8.70. The zero-order valence-electron chi connectivity index (χ0n) is 10.1. The predicted molar refractivity (Wildman–Crippen MR) is 66.2 cm³/mol. The lowest BCUT2D eigenvalue weighted by molar-refractivity contribution is 0.0696. The van der Waals surface area contributed by atoms with Crippen molar-refractivity contribution in [1.82, 2.24) is 0 Å². The molecular formula is C13H15NO4. The fourth-order valence-corrected chi connectivity index (χ4v) is 1.50. The van der Waals surface area contributed by atoms with E-state index in [0.717, 1.165) is 0 Å². The van der Waals surface area contributed by atoms with E-state index in [0.29, 0.717) is 23.8 Å². The van der Waals surface area contributed by atoms with Crippen LogP contribution >= 0.6 is 0 Å². The Morgan fingerprint density at radius 2 is 2.33 bits per heavy atom. The van der Waals surface area contributed by atoms with E-state index in [1.165, 1.54) is 38.3 Å². The van der Waals surface area contributed by atoms with Crippen LogP contribution in [0.5, 0.6) is 5.75 Å². The van der Waals surface area contributed by atoms with Crippen LogP contribution < -0.4 is 4.74 Å². The van der Waals surface area contributed by atoms with E-state index in [9.17, 15) is 4.79 Å². The van der Waals surface area contributed by atoms with E-state index >= 15 is 0 Å². The van der Waals surface area contributed by atoms with E-state index in [4.69, 9.17) is 9.84 Å². The van der Waals surface area contributed by atoms with Gasteiger partial charge in [-0.15, -0.1) is 0 Å². The molecule has 0 aliphatic heterocycles. The molecule has 0 saturated heterocycles. The molecule has 1 aliphatic carbocycles. The smallest absolute Gasteiger partial charge is 0.335 e. The highest BCUT2D eigenvalue weighted by atomic mass is 16.6. The second kappa shape index (κ2) is 5.53. The molecule has 96 valence electrons.